The molecule has 1 heterocycles. The fraction of sp³-hybridized carbons (Fsp3) is 0.562. The first-order chi connectivity index (χ1) is 10.2. The highest BCUT2D eigenvalue weighted by molar-refractivity contribution is 5.95. The van der Waals surface area contributed by atoms with Crippen molar-refractivity contribution in [1.82, 2.24) is 10.6 Å². The lowest BCUT2D eigenvalue weighted by atomic mass is 10.1. The third-order valence-corrected chi connectivity index (χ3v) is 3.64. The first kappa shape index (κ1) is 15.6. The Hall–Kier alpha value is -1.75. The third-order valence-electron chi connectivity index (χ3n) is 3.64. The number of amides is 1. The number of carbonyl (C=O) groups excluding carboxylic acids is 1. The molecule has 0 aromatic heterocycles. The van der Waals surface area contributed by atoms with E-state index < -0.39 is 0 Å². The van der Waals surface area contributed by atoms with Crippen LogP contribution in [-0.4, -0.2) is 38.3 Å². The van der Waals surface area contributed by atoms with Crippen molar-refractivity contribution in [3.05, 3.63) is 23.8 Å². The average Bonchev–Trinajstić information content (AvgIpc) is 2.86. The molecule has 2 rings (SSSR count). The van der Waals surface area contributed by atoms with Crippen LogP contribution < -0.4 is 20.1 Å². The van der Waals surface area contributed by atoms with E-state index >= 15 is 0 Å². The number of hydrogen-bond donors (Lipinski definition) is 2. The van der Waals surface area contributed by atoms with Gasteiger partial charge in [0.25, 0.3) is 5.91 Å². The Morgan fingerprint density at radius 2 is 1.95 bits per heavy atom. The molecule has 2 N–H and O–H groups in total. The van der Waals surface area contributed by atoms with Crippen LogP contribution in [0.25, 0.3) is 0 Å². The highest BCUT2D eigenvalue weighted by Crippen LogP contribution is 2.28. The summed E-state index contributed by atoms with van der Waals surface area (Å²) in [5.41, 5.74) is 0.598. The van der Waals surface area contributed by atoms with E-state index in [1.807, 2.05) is 13.8 Å². The van der Waals surface area contributed by atoms with Crippen LogP contribution in [0.4, 0.5) is 0 Å². The fourth-order valence-corrected chi connectivity index (χ4v) is 2.45. The van der Waals surface area contributed by atoms with Gasteiger partial charge in [0.05, 0.1) is 13.2 Å². The number of carbonyl (C=O) groups is 1. The van der Waals surface area contributed by atoms with Crippen LogP contribution in [0.3, 0.4) is 0 Å². The van der Waals surface area contributed by atoms with Crippen molar-refractivity contribution in [3.8, 4) is 11.5 Å². The van der Waals surface area contributed by atoms with Crippen molar-refractivity contribution in [1.29, 1.82) is 0 Å². The van der Waals surface area contributed by atoms with Gasteiger partial charge in [0.15, 0.2) is 11.5 Å². The third kappa shape index (κ3) is 3.88. The van der Waals surface area contributed by atoms with E-state index in [-0.39, 0.29) is 11.9 Å². The smallest absolute Gasteiger partial charge is 0.251 e. The van der Waals surface area contributed by atoms with Gasteiger partial charge >= 0.3 is 0 Å². The molecule has 21 heavy (non-hydrogen) atoms. The summed E-state index contributed by atoms with van der Waals surface area (Å²) in [7, 11) is 0. The maximum atomic E-state index is 12.3. The largest absolute Gasteiger partial charge is 0.490 e. The quantitative estimate of drug-likeness (QED) is 0.839. The van der Waals surface area contributed by atoms with Gasteiger partial charge in [0.2, 0.25) is 0 Å². The Kier molecular flexibility index (Phi) is 5.44. The standard InChI is InChI=1S/C16H24N2O3/c1-4-20-14-7-6-12(8-15(14)21-5-2)16(19)18-13-10-17-9-11(13)3/h6-8,11,13,17H,4-5,9-10H2,1-3H3,(H,18,19). The van der Waals surface area contributed by atoms with Gasteiger partial charge in [-0.3, -0.25) is 4.79 Å². The molecule has 1 amide bonds. The molecule has 0 spiro atoms. The average molecular weight is 292 g/mol. The molecule has 0 bridgehead atoms. The minimum absolute atomic E-state index is 0.0699. The molecule has 1 saturated heterocycles. The van der Waals surface area contributed by atoms with Crippen LogP contribution in [0.15, 0.2) is 18.2 Å². The lowest BCUT2D eigenvalue weighted by Gasteiger charge is -2.17. The molecule has 1 aliphatic rings. The molecule has 1 fully saturated rings. The Morgan fingerprint density at radius 3 is 2.57 bits per heavy atom. The van der Waals surface area contributed by atoms with Crippen molar-refractivity contribution in [2.75, 3.05) is 26.3 Å². The molecule has 0 radical (unpaired) electrons. The molecule has 116 valence electrons. The molecule has 2 unspecified atom stereocenters. The Balaban J connectivity index is 2.11. The lowest BCUT2D eigenvalue weighted by molar-refractivity contribution is 0.0932. The van der Waals surface area contributed by atoms with Gasteiger partial charge in [0.1, 0.15) is 0 Å². The summed E-state index contributed by atoms with van der Waals surface area (Å²) in [5, 5.41) is 6.34. The normalized spacial score (nSPS) is 21.1. The van der Waals surface area contributed by atoms with Crippen molar-refractivity contribution in [2.45, 2.75) is 26.8 Å². The van der Waals surface area contributed by atoms with Crippen LogP contribution in [0.1, 0.15) is 31.1 Å². The maximum Gasteiger partial charge on any atom is 0.251 e. The molecular formula is C16H24N2O3. The Bertz CT molecular complexity index is 490. The van der Waals surface area contributed by atoms with Crippen molar-refractivity contribution in [3.63, 3.8) is 0 Å². The number of hydrogen-bond acceptors (Lipinski definition) is 4. The van der Waals surface area contributed by atoms with E-state index in [4.69, 9.17) is 9.47 Å². The van der Waals surface area contributed by atoms with Gasteiger partial charge in [-0.05, 0) is 44.5 Å². The highest BCUT2D eigenvalue weighted by Gasteiger charge is 2.25. The van der Waals surface area contributed by atoms with Crippen molar-refractivity contribution < 1.29 is 14.3 Å². The lowest BCUT2D eigenvalue weighted by Crippen LogP contribution is -2.39. The summed E-state index contributed by atoms with van der Waals surface area (Å²) in [6.07, 6.45) is 0. The summed E-state index contributed by atoms with van der Waals surface area (Å²) in [5.74, 6) is 1.67. The predicted octanol–water partition coefficient (Wildman–Crippen LogP) is 1.82. The van der Waals surface area contributed by atoms with E-state index in [0.717, 1.165) is 13.1 Å². The number of benzene rings is 1. The molecule has 0 saturated carbocycles. The van der Waals surface area contributed by atoms with E-state index in [1.54, 1.807) is 18.2 Å². The first-order valence-electron chi connectivity index (χ1n) is 7.56. The second-order valence-corrected chi connectivity index (χ2v) is 5.24. The van der Waals surface area contributed by atoms with Crippen molar-refractivity contribution in [2.24, 2.45) is 5.92 Å². The van der Waals surface area contributed by atoms with E-state index in [1.165, 1.54) is 0 Å². The Morgan fingerprint density at radius 1 is 1.24 bits per heavy atom. The molecule has 5 nitrogen and oxygen atoms in total. The van der Waals surface area contributed by atoms with Gasteiger partial charge in [0, 0.05) is 18.2 Å². The second-order valence-electron chi connectivity index (χ2n) is 5.24. The minimum atomic E-state index is -0.0699. The van der Waals surface area contributed by atoms with Gasteiger partial charge in [-0.25, -0.2) is 0 Å². The zero-order valence-electron chi connectivity index (χ0n) is 12.9. The van der Waals surface area contributed by atoms with Gasteiger partial charge in [-0.15, -0.1) is 0 Å². The number of nitrogens with one attached hydrogen (secondary N) is 2. The number of ether oxygens (including phenoxy) is 2. The highest BCUT2D eigenvalue weighted by atomic mass is 16.5. The van der Waals surface area contributed by atoms with Gasteiger partial charge < -0.3 is 20.1 Å². The van der Waals surface area contributed by atoms with E-state index in [0.29, 0.717) is 36.2 Å². The topological polar surface area (TPSA) is 59.6 Å². The van der Waals surface area contributed by atoms with Crippen LogP contribution in [0.2, 0.25) is 0 Å². The van der Waals surface area contributed by atoms with Gasteiger partial charge in [-0.2, -0.15) is 0 Å². The van der Waals surface area contributed by atoms with Crippen LogP contribution in [0, 0.1) is 5.92 Å². The SMILES string of the molecule is CCOc1ccc(C(=O)NC2CNCC2C)cc1OCC. The summed E-state index contributed by atoms with van der Waals surface area (Å²) >= 11 is 0. The van der Waals surface area contributed by atoms with Crippen LogP contribution in [0.5, 0.6) is 11.5 Å². The van der Waals surface area contributed by atoms with Gasteiger partial charge in [-0.1, -0.05) is 6.92 Å². The summed E-state index contributed by atoms with van der Waals surface area (Å²) in [6, 6.07) is 5.49. The van der Waals surface area contributed by atoms with Crippen LogP contribution >= 0.6 is 0 Å². The van der Waals surface area contributed by atoms with E-state index in [9.17, 15) is 4.79 Å². The number of rotatable bonds is 6. The second kappa shape index (κ2) is 7.31. The summed E-state index contributed by atoms with van der Waals surface area (Å²) in [4.78, 5) is 12.3. The summed E-state index contributed by atoms with van der Waals surface area (Å²) < 4.78 is 11.1. The maximum absolute atomic E-state index is 12.3. The molecule has 2 atom stereocenters. The molecule has 0 aliphatic carbocycles. The monoisotopic (exact) mass is 292 g/mol. The zero-order chi connectivity index (χ0) is 15.2. The summed E-state index contributed by atoms with van der Waals surface area (Å²) in [6.45, 7) is 8.83. The molecule has 1 aromatic carbocycles. The Labute approximate surface area is 126 Å². The molecular weight excluding hydrogens is 268 g/mol. The predicted molar refractivity (Wildman–Crippen MR) is 82.1 cm³/mol. The molecule has 1 aliphatic heterocycles. The van der Waals surface area contributed by atoms with Crippen LogP contribution in [-0.2, 0) is 0 Å². The molecule has 1 aromatic rings. The first-order valence-corrected chi connectivity index (χ1v) is 7.56. The van der Waals surface area contributed by atoms with Crippen molar-refractivity contribution >= 4 is 5.91 Å². The fourth-order valence-electron chi connectivity index (χ4n) is 2.45. The minimum Gasteiger partial charge on any atom is -0.490 e. The zero-order valence-corrected chi connectivity index (χ0v) is 12.9. The molecule has 5 heteroatoms. The van der Waals surface area contributed by atoms with E-state index in [2.05, 4.69) is 17.6 Å².